The third-order valence-electron chi connectivity index (χ3n) is 4.70. The quantitative estimate of drug-likeness (QED) is 0.714. The van der Waals surface area contributed by atoms with Crippen LogP contribution < -0.4 is 10.1 Å². The number of rotatable bonds is 8. The van der Waals surface area contributed by atoms with Crippen molar-refractivity contribution in [1.82, 2.24) is 9.80 Å². The number of hydrogen-bond donors (Lipinski definition) is 1. The molecule has 0 saturated carbocycles. The highest BCUT2D eigenvalue weighted by Crippen LogP contribution is 2.10. The molecule has 0 atom stereocenters. The molecule has 2 aromatic carbocycles. The minimum Gasteiger partial charge on any atom is -0.494 e. The molecule has 0 radical (unpaired) electrons. The Morgan fingerprint density at radius 2 is 1.54 bits per heavy atom. The number of ether oxygens (including phenoxy) is 1. The van der Waals surface area contributed by atoms with E-state index in [2.05, 4.69) is 10.2 Å². The van der Waals surface area contributed by atoms with Gasteiger partial charge in [-0.25, -0.2) is 0 Å². The summed E-state index contributed by atoms with van der Waals surface area (Å²) < 4.78 is 5.63. The lowest BCUT2D eigenvalue weighted by atomic mass is 10.2. The minimum absolute atomic E-state index is 0.0240. The van der Waals surface area contributed by atoms with Gasteiger partial charge in [-0.2, -0.15) is 0 Å². The maximum absolute atomic E-state index is 12.4. The fourth-order valence-electron chi connectivity index (χ4n) is 3.17. The van der Waals surface area contributed by atoms with Gasteiger partial charge >= 0.3 is 0 Å². The van der Waals surface area contributed by atoms with Crippen LogP contribution in [0.25, 0.3) is 0 Å². The molecule has 0 aromatic heterocycles. The van der Waals surface area contributed by atoms with Crippen LogP contribution in [-0.4, -0.2) is 60.9 Å². The zero-order valence-corrected chi connectivity index (χ0v) is 16.0. The lowest BCUT2D eigenvalue weighted by Gasteiger charge is -2.34. The molecule has 1 aliphatic rings. The molecule has 2 amide bonds. The predicted octanol–water partition coefficient (Wildman–Crippen LogP) is 2.63. The highest BCUT2D eigenvalue weighted by atomic mass is 16.5. The van der Waals surface area contributed by atoms with Crippen molar-refractivity contribution in [2.45, 2.75) is 12.8 Å². The van der Waals surface area contributed by atoms with E-state index in [-0.39, 0.29) is 11.8 Å². The van der Waals surface area contributed by atoms with E-state index in [1.807, 2.05) is 65.6 Å². The second kappa shape index (κ2) is 10.5. The summed E-state index contributed by atoms with van der Waals surface area (Å²) in [7, 11) is 0. The SMILES string of the molecule is O=C(CN1CCN(C(=O)CCCOc2ccccc2)CC1)Nc1ccccc1. The lowest BCUT2D eigenvalue weighted by molar-refractivity contribution is -0.133. The second-order valence-electron chi connectivity index (χ2n) is 6.84. The molecule has 0 bridgehead atoms. The summed E-state index contributed by atoms with van der Waals surface area (Å²) in [4.78, 5) is 28.5. The van der Waals surface area contributed by atoms with Gasteiger partial charge in [-0.05, 0) is 30.7 Å². The number of para-hydroxylation sites is 2. The smallest absolute Gasteiger partial charge is 0.238 e. The third kappa shape index (κ3) is 6.39. The Kier molecular flexibility index (Phi) is 7.44. The fraction of sp³-hybridized carbons (Fsp3) is 0.364. The molecule has 6 nitrogen and oxygen atoms in total. The molecule has 3 rings (SSSR count). The van der Waals surface area contributed by atoms with Crippen molar-refractivity contribution in [2.75, 3.05) is 44.6 Å². The summed E-state index contributed by atoms with van der Waals surface area (Å²) in [5.74, 6) is 0.964. The number of hydrogen-bond acceptors (Lipinski definition) is 4. The van der Waals surface area contributed by atoms with E-state index in [0.29, 0.717) is 52.2 Å². The van der Waals surface area contributed by atoms with Crippen LogP contribution >= 0.6 is 0 Å². The number of nitrogens with zero attached hydrogens (tertiary/aromatic N) is 2. The Balaban J connectivity index is 1.31. The maximum Gasteiger partial charge on any atom is 0.238 e. The van der Waals surface area contributed by atoms with Gasteiger partial charge in [0.2, 0.25) is 11.8 Å². The van der Waals surface area contributed by atoms with Crippen molar-refractivity contribution in [2.24, 2.45) is 0 Å². The third-order valence-corrected chi connectivity index (χ3v) is 4.70. The molecule has 1 heterocycles. The monoisotopic (exact) mass is 381 g/mol. The molecule has 28 heavy (non-hydrogen) atoms. The van der Waals surface area contributed by atoms with Gasteiger partial charge in [0.25, 0.3) is 0 Å². The second-order valence-corrected chi connectivity index (χ2v) is 6.84. The average Bonchev–Trinajstić information content (AvgIpc) is 2.73. The molecule has 0 spiro atoms. The molecule has 148 valence electrons. The summed E-state index contributed by atoms with van der Waals surface area (Å²) in [6.07, 6.45) is 1.19. The van der Waals surface area contributed by atoms with Gasteiger partial charge in [0.15, 0.2) is 0 Å². The van der Waals surface area contributed by atoms with Crippen molar-refractivity contribution in [3.05, 3.63) is 60.7 Å². The predicted molar refractivity (Wildman–Crippen MR) is 109 cm³/mol. The molecule has 1 saturated heterocycles. The molecule has 6 heteroatoms. The van der Waals surface area contributed by atoms with Crippen LogP contribution in [0.2, 0.25) is 0 Å². The zero-order valence-electron chi connectivity index (χ0n) is 16.0. The van der Waals surface area contributed by atoms with Gasteiger partial charge < -0.3 is 15.0 Å². The van der Waals surface area contributed by atoms with Gasteiger partial charge in [-0.3, -0.25) is 14.5 Å². The summed E-state index contributed by atoms with van der Waals surface area (Å²) in [6, 6.07) is 19.1. The number of benzene rings is 2. The number of nitrogens with one attached hydrogen (secondary N) is 1. The van der Waals surface area contributed by atoms with E-state index in [1.165, 1.54) is 0 Å². The van der Waals surface area contributed by atoms with Gasteiger partial charge in [0, 0.05) is 38.3 Å². The molecule has 1 fully saturated rings. The molecule has 1 aliphatic heterocycles. The van der Waals surface area contributed by atoms with Crippen LogP contribution in [-0.2, 0) is 9.59 Å². The fourth-order valence-corrected chi connectivity index (χ4v) is 3.17. The first-order chi connectivity index (χ1) is 13.7. The van der Waals surface area contributed by atoms with Crippen molar-refractivity contribution in [3.63, 3.8) is 0 Å². The Morgan fingerprint density at radius 3 is 2.21 bits per heavy atom. The first-order valence-corrected chi connectivity index (χ1v) is 9.73. The molecule has 0 aliphatic carbocycles. The Labute approximate surface area is 166 Å². The topological polar surface area (TPSA) is 61.9 Å². The lowest BCUT2D eigenvalue weighted by Crippen LogP contribution is -2.50. The minimum atomic E-state index is -0.0240. The summed E-state index contributed by atoms with van der Waals surface area (Å²) in [6.45, 7) is 3.65. The van der Waals surface area contributed by atoms with Crippen LogP contribution in [0.1, 0.15) is 12.8 Å². The summed E-state index contributed by atoms with van der Waals surface area (Å²) >= 11 is 0. The van der Waals surface area contributed by atoms with E-state index in [9.17, 15) is 9.59 Å². The largest absolute Gasteiger partial charge is 0.494 e. The Bertz CT molecular complexity index is 744. The number of piperazine rings is 1. The first-order valence-electron chi connectivity index (χ1n) is 9.73. The summed E-state index contributed by atoms with van der Waals surface area (Å²) in [5, 5.41) is 2.90. The highest BCUT2D eigenvalue weighted by Gasteiger charge is 2.22. The van der Waals surface area contributed by atoms with E-state index in [1.54, 1.807) is 0 Å². The molecular weight excluding hydrogens is 354 g/mol. The highest BCUT2D eigenvalue weighted by molar-refractivity contribution is 5.92. The molecule has 2 aromatic rings. The van der Waals surface area contributed by atoms with Crippen LogP contribution in [0.4, 0.5) is 5.69 Å². The van der Waals surface area contributed by atoms with E-state index >= 15 is 0 Å². The summed E-state index contributed by atoms with van der Waals surface area (Å²) in [5.41, 5.74) is 0.805. The average molecular weight is 381 g/mol. The van der Waals surface area contributed by atoms with E-state index < -0.39 is 0 Å². The van der Waals surface area contributed by atoms with Crippen molar-refractivity contribution in [1.29, 1.82) is 0 Å². The van der Waals surface area contributed by atoms with Crippen LogP contribution in [0.5, 0.6) is 5.75 Å². The Hall–Kier alpha value is -2.86. The maximum atomic E-state index is 12.4. The molecular formula is C22H27N3O3. The van der Waals surface area contributed by atoms with E-state index in [4.69, 9.17) is 4.74 Å². The Morgan fingerprint density at radius 1 is 0.893 bits per heavy atom. The van der Waals surface area contributed by atoms with Crippen LogP contribution in [0.15, 0.2) is 60.7 Å². The molecule has 0 unspecified atom stereocenters. The first kappa shape index (κ1) is 19.9. The van der Waals surface area contributed by atoms with Gasteiger partial charge in [0.05, 0.1) is 13.2 Å². The number of anilines is 1. The molecule has 1 N–H and O–H groups in total. The van der Waals surface area contributed by atoms with Crippen LogP contribution in [0, 0.1) is 0 Å². The normalized spacial score (nSPS) is 14.5. The van der Waals surface area contributed by atoms with Gasteiger partial charge in [-0.15, -0.1) is 0 Å². The van der Waals surface area contributed by atoms with Crippen molar-refractivity contribution >= 4 is 17.5 Å². The van der Waals surface area contributed by atoms with Gasteiger partial charge in [0.1, 0.15) is 5.75 Å². The number of amides is 2. The number of carbonyl (C=O) groups is 2. The van der Waals surface area contributed by atoms with Crippen molar-refractivity contribution < 1.29 is 14.3 Å². The van der Waals surface area contributed by atoms with E-state index in [0.717, 1.165) is 11.4 Å². The zero-order chi connectivity index (χ0) is 19.6. The van der Waals surface area contributed by atoms with Crippen molar-refractivity contribution in [3.8, 4) is 5.75 Å². The van der Waals surface area contributed by atoms with Crippen LogP contribution in [0.3, 0.4) is 0 Å². The standard InChI is InChI=1S/C22H27N3O3/c26-21(23-19-8-3-1-4-9-19)18-24-13-15-25(16-14-24)22(27)12-7-17-28-20-10-5-2-6-11-20/h1-6,8-11H,7,12-18H2,(H,23,26). The van der Waals surface area contributed by atoms with Gasteiger partial charge in [-0.1, -0.05) is 36.4 Å². The number of carbonyl (C=O) groups excluding carboxylic acids is 2.